The second-order valence-corrected chi connectivity index (χ2v) is 4.49. The van der Waals surface area contributed by atoms with Crippen LogP contribution in [0.3, 0.4) is 0 Å². The molecule has 6 nitrogen and oxygen atoms in total. The van der Waals surface area contributed by atoms with E-state index in [-0.39, 0.29) is 30.7 Å². The van der Waals surface area contributed by atoms with Crippen LogP contribution in [0.4, 0.5) is 0 Å². The number of amides is 2. The highest BCUT2D eigenvalue weighted by Crippen LogP contribution is 2.37. The molecular formula is C11H18N2O4. The molecule has 0 heterocycles. The summed E-state index contributed by atoms with van der Waals surface area (Å²) in [7, 11) is 0. The predicted molar refractivity (Wildman–Crippen MR) is 60.1 cm³/mol. The Morgan fingerprint density at radius 1 is 1.41 bits per heavy atom. The number of aliphatic carboxylic acids is 1. The van der Waals surface area contributed by atoms with E-state index in [2.05, 4.69) is 10.6 Å². The molecule has 1 rings (SSSR count). The number of carboxylic acids is 1. The summed E-state index contributed by atoms with van der Waals surface area (Å²) in [5.41, 5.74) is 0. The van der Waals surface area contributed by atoms with E-state index in [1.165, 1.54) is 6.92 Å². The molecular weight excluding hydrogens is 224 g/mol. The van der Waals surface area contributed by atoms with Crippen LogP contribution in [0.1, 0.15) is 26.7 Å². The van der Waals surface area contributed by atoms with E-state index in [1.807, 2.05) is 6.92 Å². The lowest BCUT2D eigenvalue weighted by Crippen LogP contribution is -2.40. The van der Waals surface area contributed by atoms with Crippen molar-refractivity contribution in [1.82, 2.24) is 10.6 Å². The number of hydrogen-bond donors (Lipinski definition) is 3. The first-order chi connectivity index (χ1) is 7.91. The van der Waals surface area contributed by atoms with Gasteiger partial charge in [-0.05, 0) is 19.3 Å². The summed E-state index contributed by atoms with van der Waals surface area (Å²) in [5.74, 6) is -0.929. The Balaban J connectivity index is 2.12. The maximum atomic E-state index is 11.4. The lowest BCUT2D eigenvalue weighted by Gasteiger charge is -2.09. The molecule has 6 heteroatoms. The first kappa shape index (κ1) is 13.5. The van der Waals surface area contributed by atoms with E-state index in [4.69, 9.17) is 5.11 Å². The number of carbonyl (C=O) groups excluding carboxylic acids is 2. The molecule has 1 aliphatic carbocycles. The van der Waals surface area contributed by atoms with Crippen molar-refractivity contribution in [2.75, 3.05) is 6.54 Å². The van der Waals surface area contributed by atoms with Crippen molar-refractivity contribution in [3.63, 3.8) is 0 Å². The molecule has 3 unspecified atom stereocenters. The van der Waals surface area contributed by atoms with Gasteiger partial charge < -0.3 is 15.7 Å². The van der Waals surface area contributed by atoms with Gasteiger partial charge in [0.15, 0.2) is 0 Å². The molecule has 0 aromatic heterocycles. The fourth-order valence-corrected chi connectivity index (χ4v) is 1.49. The first-order valence-corrected chi connectivity index (χ1v) is 5.71. The van der Waals surface area contributed by atoms with Gasteiger partial charge in [0.05, 0.1) is 0 Å². The van der Waals surface area contributed by atoms with Crippen molar-refractivity contribution in [2.24, 2.45) is 11.8 Å². The van der Waals surface area contributed by atoms with Crippen LogP contribution in [0.25, 0.3) is 0 Å². The van der Waals surface area contributed by atoms with Gasteiger partial charge in [-0.3, -0.25) is 14.4 Å². The molecule has 3 N–H and O–H groups in total. The molecule has 0 radical (unpaired) electrons. The summed E-state index contributed by atoms with van der Waals surface area (Å²) in [4.78, 5) is 33.1. The van der Waals surface area contributed by atoms with Crippen LogP contribution in [0.15, 0.2) is 0 Å². The molecule has 0 saturated heterocycles. The number of hydrogen-bond acceptors (Lipinski definition) is 3. The Labute approximate surface area is 99.8 Å². The van der Waals surface area contributed by atoms with E-state index in [0.717, 1.165) is 6.42 Å². The molecule has 0 spiro atoms. The Bertz CT molecular complexity index is 329. The highest BCUT2D eigenvalue weighted by Gasteiger charge is 2.38. The van der Waals surface area contributed by atoms with Crippen molar-refractivity contribution < 1.29 is 19.5 Å². The van der Waals surface area contributed by atoms with E-state index < -0.39 is 12.0 Å². The van der Waals surface area contributed by atoms with Gasteiger partial charge in [0.2, 0.25) is 11.8 Å². The quantitative estimate of drug-likeness (QED) is 0.598. The maximum Gasteiger partial charge on any atom is 0.325 e. The maximum absolute atomic E-state index is 11.4. The summed E-state index contributed by atoms with van der Waals surface area (Å²) in [6.45, 7) is 3.65. The van der Waals surface area contributed by atoms with E-state index in [1.54, 1.807) is 0 Å². The van der Waals surface area contributed by atoms with Crippen molar-refractivity contribution in [3.8, 4) is 0 Å². The average Bonchev–Trinajstić information content (AvgIpc) is 2.95. The third-order valence-electron chi connectivity index (χ3n) is 2.85. The predicted octanol–water partition coefficient (Wildman–Crippen LogP) is -0.262. The van der Waals surface area contributed by atoms with Crippen molar-refractivity contribution in [3.05, 3.63) is 0 Å². The zero-order valence-corrected chi connectivity index (χ0v) is 10.0. The highest BCUT2D eigenvalue weighted by atomic mass is 16.4. The van der Waals surface area contributed by atoms with E-state index in [0.29, 0.717) is 5.92 Å². The Morgan fingerprint density at radius 3 is 2.47 bits per heavy atom. The number of carboxylic acid groups (broad SMARTS) is 1. The SMILES string of the molecule is CC(NC(=O)CCNC(=O)C1CC1C)C(=O)O. The van der Waals surface area contributed by atoms with Gasteiger partial charge in [0.1, 0.15) is 6.04 Å². The second kappa shape index (κ2) is 5.65. The Kier molecular flexibility index (Phi) is 4.48. The number of nitrogens with one attached hydrogen (secondary N) is 2. The molecule has 0 aromatic carbocycles. The van der Waals surface area contributed by atoms with Crippen molar-refractivity contribution in [1.29, 1.82) is 0 Å². The lowest BCUT2D eigenvalue weighted by molar-refractivity contribution is -0.141. The van der Waals surface area contributed by atoms with Crippen molar-refractivity contribution >= 4 is 17.8 Å². The third-order valence-corrected chi connectivity index (χ3v) is 2.85. The van der Waals surface area contributed by atoms with Gasteiger partial charge in [-0.1, -0.05) is 6.92 Å². The smallest absolute Gasteiger partial charge is 0.325 e. The van der Waals surface area contributed by atoms with Crippen LogP contribution < -0.4 is 10.6 Å². The van der Waals surface area contributed by atoms with Gasteiger partial charge in [-0.25, -0.2) is 0 Å². The summed E-state index contributed by atoms with van der Waals surface area (Å²) >= 11 is 0. The number of carbonyl (C=O) groups is 3. The third kappa shape index (κ3) is 4.42. The van der Waals surface area contributed by atoms with Crippen LogP contribution in [0.2, 0.25) is 0 Å². The van der Waals surface area contributed by atoms with Crippen LogP contribution in [-0.2, 0) is 14.4 Å². The molecule has 0 bridgehead atoms. The highest BCUT2D eigenvalue weighted by molar-refractivity contribution is 5.84. The first-order valence-electron chi connectivity index (χ1n) is 5.71. The van der Waals surface area contributed by atoms with Crippen molar-refractivity contribution in [2.45, 2.75) is 32.7 Å². The minimum atomic E-state index is -1.07. The van der Waals surface area contributed by atoms with Crippen LogP contribution in [0, 0.1) is 11.8 Å². The zero-order chi connectivity index (χ0) is 13.0. The van der Waals surface area contributed by atoms with Gasteiger partial charge in [0.25, 0.3) is 0 Å². The minimum Gasteiger partial charge on any atom is -0.480 e. The summed E-state index contributed by atoms with van der Waals surface area (Å²) in [5, 5.41) is 13.5. The zero-order valence-electron chi connectivity index (χ0n) is 10.0. The monoisotopic (exact) mass is 242 g/mol. The molecule has 0 aromatic rings. The largest absolute Gasteiger partial charge is 0.480 e. The van der Waals surface area contributed by atoms with Gasteiger partial charge in [0, 0.05) is 18.9 Å². The van der Waals surface area contributed by atoms with Crippen LogP contribution in [0.5, 0.6) is 0 Å². The minimum absolute atomic E-state index is 0.0171. The molecule has 17 heavy (non-hydrogen) atoms. The average molecular weight is 242 g/mol. The topological polar surface area (TPSA) is 95.5 Å². The van der Waals surface area contributed by atoms with Crippen LogP contribution in [-0.4, -0.2) is 35.5 Å². The fraction of sp³-hybridized carbons (Fsp3) is 0.727. The molecule has 96 valence electrons. The summed E-state index contributed by atoms with van der Waals surface area (Å²) < 4.78 is 0. The second-order valence-electron chi connectivity index (χ2n) is 4.49. The molecule has 0 aliphatic heterocycles. The van der Waals surface area contributed by atoms with Gasteiger partial charge >= 0.3 is 5.97 Å². The molecule has 1 aliphatic rings. The summed E-state index contributed by atoms with van der Waals surface area (Å²) in [6.07, 6.45) is 1.01. The molecule has 2 amide bonds. The standard InChI is InChI=1S/C11H18N2O4/c1-6-5-8(6)10(15)12-4-3-9(14)13-7(2)11(16)17/h6-8H,3-5H2,1-2H3,(H,12,15)(H,13,14)(H,16,17). The van der Waals surface area contributed by atoms with Crippen LogP contribution >= 0.6 is 0 Å². The van der Waals surface area contributed by atoms with Gasteiger partial charge in [-0.2, -0.15) is 0 Å². The molecule has 1 fully saturated rings. The molecule has 1 saturated carbocycles. The van der Waals surface area contributed by atoms with E-state index >= 15 is 0 Å². The van der Waals surface area contributed by atoms with Gasteiger partial charge in [-0.15, -0.1) is 0 Å². The number of rotatable bonds is 6. The normalized spacial score (nSPS) is 23.6. The van der Waals surface area contributed by atoms with E-state index in [9.17, 15) is 14.4 Å². The summed E-state index contributed by atoms with van der Waals surface area (Å²) in [6, 6.07) is -0.901. The fourth-order valence-electron chi connectivity index (χ4n) is 1.49. The lowest BCUT2D eigenvalue weighted by atomic mass is 10.3. The molecule has 3 atom stereocenters. The Morgan fingerprint density at radius 2 is 2.00 bits per heavy atom. The Hall–Kier alpha value is -1.59.